The largest absolute Gasteiger partial charge is 0.489 e. The van der Waals surface area contributed by atoms with E-state index in [-0.39, 0.29) is 5.91 Å². The molecule has 0 aliphatic heterocycles. The monoisotopic (exact) mass is 468 g/mol. The highest BCUT2D eigenvalue weighted by molar-refractivity contribution is 7.15. The van der Waals surface area contributed by atoms with Crippen LogP contribution in [0.4, 0.5) is 5.13 Å². The van der Waals surface area contributed by atoms with Gasteiger partial charge in [0, 0.05) is 33.1 Å². The van der Waals surface area contributed by atoms with Crippen LogP contribution in [-0.4, -0.2) is 10.9 Å². The number of carbonyl (C=O) groups is 1. The number of hydrogen-bond acceptors (Lipinski definition) is 4. The molecule has 31 heavy (non-hydrogen) atoms. The van der Waals surface area contributed by atoms with E-state index in [0.717, 1.165) is 16.0 Å². The number of benzene rings is 3. The number of halogens is 2. The summed E-state index contributed by atoms with van der Waals surface area (Å²) < 4.78 is 5.76. The number of nitrogens with one attached hydrogen (secondary N) is 1. The van der Waals surface area contributed by atoms with Crippen molar-refractivity contribution in [3.8, 4) is 5.75 Å². The minimum Gasteiger partial charge on any atom is -0.489 e. The van der Waals surface area contributed by atoms with E-state index >= 15 is 0 Å². The van der Waals surface area contributed by atoms with Crippen molar-refractivity contribution in [1.29, 1.82) is 0 Å². The molecule has 156 valence electrons. The summed E-state index contributed by atoms with van der Waals surface area (Å²) in [6, 6.07) is 22.3. The first-order valence-electron chi connectivity index (χ1n) is 9.53. The lowest BCUT2D eigenvalue weighted by molar-refractivity contribution is 0.102. The summed E-state index contributed by atoms with van der Waals surface area (Å²) in [6.07, 6.45) is 2.33. The number of rotatable bonds is 7. The first-order chi connectivity index (χ1) is 15.1. The highest BCUT2D eigenvalue weighted by Gasteiger charge is 2.11. The fourth-order valence-electron chi connectivity index (χ4n) is 2.93. The predicted octanol–water partition coefficient (Wildman–Crippen LogP) is 6.87. The van der Waals surface area contributed by atoms with Crippen molar-refractivity contribution in [1.82, 2.24) is 4.98 Å². The van der Waals surface area contributed by atoms with Crippen molar-refractivity contribution >= 4 is 45.6 Å². The standard InChI is InChI=1S/C24H18Cl2N2O2S/c25-19-8-11-22(26)18(12-19)13-21-14-27-24(31-21)28-23(29)17-6-9-20(10-7-17)30-15-16-4-2-1-3-5-16/h1-12,14H,13,15H2,(H,27,28,29). The molecule has 0 spiro atoms. The zero-order valence-corrected chi connectivity index (χ0v) is 18.7. The first kappa shape index (κ1) is 21.4. The number of thiazole rings is 1. The maximum absolute atomic E-state index is 12.5. The van der Waals surface area contributed by atoms with E-state index in [0.29, 0.717) is 39.5 Å². The number of amides is 1. The molecule has 0 fully saturated rings. The van der Waals surface area contributed by atoms with E-state index in [1.165, 1.54) is 11.3 Å². The van der Waals surface area contributed by atoms with Crippen LogP contribution in [0.1, 0.15) is 26.4 Å². The number of ether oxygens (including phenoxy) is 1. The molecule has 1 aromatic heterocycles. The Morgan fingerprint density at radius 3 is 2.55 bits per heavy atom. The second-order valence-corrected chi connectivity index (χ2v) is 8.76. The van der Waals surface area contributed by atoms with Crippen molar-refractivity contribution in [2.45, 2.75) is 13.0 Å². The Kier molecular flexibility index (Phi) is 6.87. The molecule has 1 N–H and O–H groups in total. The Labute approximate surface area is 194 Å². The molecule has 4 aromatic rings. The average Bonchev–Trinajstić information content (AvgIpc) is 3.22. The molecule has 0 aliphatic rings. The lowest BCUT2D eigenvalue weighted by Crippen LogP contribution is -2.11. The van der Waals surface area contributed by atoms with E-state index in [4.69, 9.17) is 27.9 Å². The van der Waals surface area contributed by atoms with Gasteiger partial charge in [0.2, 0.25) is 0 Å². The quantitative estimate of drug-likeness (QED) is 0.321. The summed E-state index contributed by atoms with van der Waals surface area (Å²) in [7, 11) is 0. The predicted molar refractivity (Wildman–Crippen MR) is 127 cm³/mol. The van der Waals surface area contributed by atoms with Crippen LogP contribution in [0.25, 0.3) is 0 Å². The Morgan fingerprint density at radius 1 is 1.00 bits per heavy atom. The van der Waals surface area contributed by atoms with Crippen molar-refractivity contribution in [2.24, 2.45) is 0 Å². The minimum absolute atomic E-state index is 0.226. The van der Waals surface area contributed by atoms with Gasteiger partial charge in [-0.15, -0.1) is 11.3 Å². The van der Waals surface area contributed by atoms with Crippen molar-refractivity contribution in [3.63, 3.8) is 0 Å². The minimum atomic E-state index is -0.226. The summed E-state index contributed by atoms with van der Waals surface area (Å²) in [5.74, 6) is 0.478. The zero-order valence-electron chi connectivity index (χ0n) is 16.3. The molecule has 0 radical (unpaired) electrons. The number of carbonyl (C=O) groups excluding carboxylic acids is 1. The van der Waals surface area contributed by atoms with Crippen LogP contribution < -0.4 is 10.1 Å². The van der Waals surface area contributed by atoms with Crippen LogP contribution in [0.2, 0.25) is 10.0 Å². The summed E-state index contributed by atoms with van der Waals surface area (Å²) >= 11 is 13.7. The van der Waals surface area contributed by atoms with Crippen LogP contribution in [0.3, 0.4) is 0 Å². The van der Waals surface area contributed by atoms with Gasteiger partial charge in [-0.3, -0.25) is 10.1 Å². The fourth-order valence-corrected chi connectivity index (χ4v) is 4.14. The second-order valence-electron chi connectivity index (χ2n) is 6.80. The fraction of sp³-hybridized carbons (Fsp3) is 0.0833. The summed E-state index contributed by atoms with van der Waals surface area (Å²) in [5.41, 5.74) is 2.53. The van der Waals surface area contributed by atoms with Crippen LogP contribution in [0.15, 0.2) is 79.0 Å². The van der Waals surface area contributed by atoms with Crippen LogP contribution in [0.5, 0.6) is 5.75 Å². The molecule has 4 rings (SSSR count). The lowest BCUT2D eigenvalue weighted by Gasteiger charge is -2.07. The van der Waals surface area contributed by atoms with Gasteiger partial charge >= 0.3 is 0 Å². The third kappa shape index (κ3) is 5.85. The van der Waals surface area contributed by atoms with Gasteiger partial charge in [-0.25, -0.2) is 4.98 Å². The third-order valence-corrected chi connectivity index (χ3v) is 6.03. The molecule has 0 bridgehead atoms. The molecule has 0 saturated heterocycles. The maximum atomic E-state index is 12.5. The van der Waals surface area contributed by atoms with Crippen molar-refractivity contribution in [2.75, 3.05) is 5.32 Å². The van der Waals surface area contributed by atoms with E-state index in [9.17, 15) is 4.79 Å². The molecule has 0 aliphatic carbocycles. The van der Waals surface area contributed by atoms with E-state index in [1.54, 1.807) is 42.6 Å². The molecule has 0 saturated carbocycles. The number of nitrogens with zero attached hydrogens (tertiary/aromatic N) is 1. The Morgan fingerprint density at radius 2 is 1.77 bits per heavy atom. The third-order valence-electron chi connectivity index (χ3n) is 4.51. The van der Waals surface area contributed by atoms with Gasteiger partial charge in [0.25, 0.3) is 5.91 Å². The van der Waals surface area contributed by atoms with E-state index in [2.05, 4.69) is 10.3 Å². The zero-order chi connectivity index (χ0) is 21.6. The lowest BCUT2D eigenvalue weighted by atomic mass is 10.1. The number of anilines is 1. The molecule has 0 unspecified atom stereocenters. The molecular formula is C24H18Cl2N2O2S. The molecule has 0 atom stereocenters. The van der Waals surface area contributed by atoms with E-state index in [1.807, 2.05) is 36.4 Å². The average molecular weight is 469 g/mol. The highest BCUT2D eigenvalue weighted by Crippen LogP contribution is 2.27. The van der Waals surface area contributed by atoms with Crippen LogP contribution in [0, 0.1) is 0 Å². The molecule has 7 heteroatoms. The first-order valence-corrected chi connectivity index (χ1v) is 11.1. The summed E-state index contributed by atoms with van der Waals surface area (Å²) in [5, 5.41) is 4.65. The molecule has 4 nitrogen and oxygen atoms in total. The van der Waals surface area contributed by atoms with Gasteiger partial charge in [0.1, 0.15) is 12.4 Å². The number of hydrogen-bond donors (Lipinski definition) is 1. The van der Waals surface area contributed by atoms with Crippen molar-refractivity contribution in [3.05, 3.63) is 111 Å². The van der Waals surface area contributed by atoms with Gasteiger partial charge < -0.3 is 4.74 Å². The van der Waals surface area contributed by atoms with Gasteiger partial charge in [-0.2, -0.15) is 0 Å². The van der Waals surface area contributed by atoms with Gasteiger partial charge in [-0.1, -0.05) is 53.5 Å². The topological polar surface area (TPSA) is 51.2 Å². The van der Waals surface area contributed by atoms with Gasteiger partial charge in [-0.05, 0) is 53.6 Å². The Hall–Kier alpha value is -2.86. The molecular weight excluding hydrogens is 451 g/mol. The molecule has 1 heterocycles. The van der Waals surface area contributed by atoms with Crippen molar-refractivity contribution < 1.29 is 9.53 Å². The van der Waals surface area contributed by atoms with Crippen LogP contribution in [-0.2, 0) is 13.0 Å². The smallest absolute Gasteiger partial charge is 0.257 e. The van der Waals surface area contributed by atoms with Gasteiger partial charge in [0.15, 0.2) is 5.13 Å². The molecule has 1 amide bonds. The normalized spacial score (nSPS) is 10.6. The van der Waals surface area contributed by atoms with Crippen LogP contribution >= 0.6 is 34.5 Å². The number of aromatic nitrogens is 1. The van der Waals surface area contributed by atoms with Gasteiger partial charge in [0.05, 0.1) is 0 Å². The Balaban J connectivity index is 1.34. The second kappa shape index (κ2) is 9.96. The Bertz CT molecular complexity index is 1180. The highest BCUT2D eigenvalue weighted by atomic mass is 35.5. The SMILES string of the molecule is O=C(Nc1ncc(Cc2cc(Cl)ccc2Cl)s1)c1ccc(OCc2ccccc2)cc1. The maximum Gasteiger partial charge on any atom is 0.257 e. The molecule has 3 aromatic carbocycles. The van der Waals surface area contributed by atoms with E-state index < -0.39 is 0 Å². The summed E-state index contributed by atoms with van der Waals surface area (Å²) in [4.78, 5) is 17.8. The summed E-state index contributed by atoms with van der Waals surface area (Å²) in [6.45, 7) is 0.477.